The van der Waals surface area contributed by atoms with Crippen molar-refractivity contribution in [2.24, 2.45) is 5.41 Å². The summed E-state index contributed by atoms with van der Waals surface area (Å²) in [6.45, 7) is 4.61. The third kappa shape index (κ3) is 4.63. The molecule has 2 saturated carbocycles. The number of carbonyl (C=O) groups is 2. The molecule has 3 aliphatic rings. The van der Waals surface area contributed by atoms with Crippen molar-refractivity contribution in [3.8, 4) is 5.75 Å². The summed E-state index contributed by atoms with van der Waals surface area (Å²) in [5.74, 6) is 1.69. The van der Waals surface area contributed by atoms with Gasteiger partial charge in [-0.25, -0.2) is 4.98 Å². The number of fused-ring (bicyclic) bond motifs is 1. The molecule has 1 aromatic heterocycles. The molecular weight excluding hydrogens is 444 g/mol. The van der Waals surface area contributed by atoms with Crippen LogP contribution in [0.2, 0.25) is 0 Å². The van der Waals surface area contributed by atoms with Gasteiger partial charge in [-0.2, -0.15) is 4.98 Å². The fraction of sp³-hybridized carbons (Fsp3) is 0.538. The molecule has 0 radical (unpaired) electrons. The van der Waals surface area contributed by atoms with E-state index in [1.54, 1.807) is 37.4 Å². The van der Waals surface area contributed by atoms with E-state index in [4.69, 9.17) is 9.72 Å². The third-order valence-corrected chi connectivity index (χ3v) is 7.22. The van der Waals surface area contributed by atoms with Gasteiger partial charge in [0.2, 0.25) is 11.9 Å². The van der Waals surface area contributed by atoms with Crippen LogP contribution >= 0.6 is 0 Å². The molecular formula is C26H34N6O3. The van der Waals surface area contributed by atoms with Crippen molar-refractivity contribution >= 4 is 35.0 Å². The lowest BCUT2D eigenvalue weighted by Gasteiger charge is -2.34. The van der Waals surface area contributed by atoms with Crippen molar-refractivity contribution < 1.29 is 14.3 Å². The molecule has 2 aromatic rings. The number of carbonyl (C=O) groups excluding carboxylic acids is 2. The van der Waals surface area contributed by atoms with Crippen LogP contribution in [0.4, 0.5) is 23.1 Å². The second kappa shape index (κ2) is 9.02. The number of ether oxygens (including phenoxy) is 1. The van der Waals surface area contributed by atoms with Crippen LogP contribution in [-0.2, 0) is 4.79 Å². The van der Waals surface area contributed by atoms with Gasteiger partial charge in [0, 0.05) is 31.2 Å². The summed E-state index contributed by atoms with van der Waals surface area (Å²) in [5.41, 5.74) is 1.40. The minimum atomic E-state index is -0.536. The molecule has 1 aromatic carbocycles. The van der Waals surface area contributed by atoms with E-state index >= 15 is 0 Å². The van der Waals surface area contributed by atoms with Crippen LogP contribution in [-0.4, -0.2) is 54.6 Å². The molecule has 0 atom stereocenters. The SMILES string of the molecule is COc1cc(C(=O)NC2CC2)ccc1Nc1ncc2c(n1)N(C1CCCC1)CC(C)(C)C(=O)N2C. The predicted molar refractivity (Wildman–Crippen MR) is 136 cm³/mol. The van der Waals surface area contributed by atoms with Gasteiger partial charge in [0.1, 0.15) is 11.4 Å². The van der Waals surface area contributed by atoms with Crippen LogP contribution in [0, 0.1) is 5.41 Å². The quantitative estimate of drug-likeness (QED) is 0.650. The highest BCUT2D eigenvalue weighted by Gasteiger charge is 2.41. The normalized spacial score (nSPS) is 19.8. The van der Waals surface area contributed by atoms with Gasteiger partial charge in [-0.1, -0.05) is 12.8 Å². The fourth-order valence-electron chi connectivity index (χ4n) is 5.08. The van der Waals surface area contributed by atoms with Gasteiger partial charge < -0.3 is 25.2 Å². The molecule has 2 fully saturated rings. The lowest BCUT2D eigenvalue weighted by atomic mass is 9.91. The Balaban J connectivity index is 1.46. The monoisotopic (exact) mass is 478 g/mol. The summed E-state index contributed by atoms with van der Waals surface area (Å²) in [6.07, 6.45) is 8.36. The van der Waals surface area contributed by atoms with Crippen LogP contribution in [0.25, 0.3) is 0 Å². The van der Waals surface area contributed by atoms with Crippen LogP contribution < -0.4 is 25.2 Å². The van der Waals surface area contributed by atoms with Crippen LogP contribution in [0.5, 0.6) is 5.75 Å². The first kappa shape index (κ1) is 23.4. The minimum Gasteiger partial charge on any atom is -0.495 e. The molecule has 0 bridgehead atoms. The summed E-state index contributed by atoms with van der Waals surface area (Å²) in [6, 6.07) is 5.95. The molecule has 186 valence electrons. The number of hydrogen-bond donors (Lipinski definition) is 2. The maximum absolute atomic E-state index is 13.2. The second-order valence-electron chi connectivity index (χ2n) is 10.5. The first-order valence-electron chi connectivity index (χ1n) is 12.4. The molecule has 0 saturated heterocycles. The van der Waals surface area contributed by atoms with E-state index < -0.39 is 5.41 Å². The molecule has 2 N–H and O–H groups in total. The highest BCUT2D eigenvalue weighted by molar-refractivity contribution is 6.01. The molecule has 2 amide bonds. The van der Waals surface area contributed by atoms with Gasteiger partial charge in [-0.05, 0) is 57.7 Å². The molecule has 35 heavy (non-hydrogen) atoms. The van der Waals surface area contributed by atoms with E-state index in [9.17, 15) is 9.59 Å². The van der Waals surface area contributed by atoms with Gasteiger partial charge in [0.25, 0.3) is 5.91 Å². The number of nitrogens with one attached hydrogen (secondary N) is 2. The standard InChI is InChI=1S/C26H34N6O3/c1-26(2)15-32(18-7-5-6-8-18)22-20(31(3)24(26)34)14-27-25(30-22)29-19-12-9-16(13-21(19)35-4)23(33)28-17-10-11-17/h9,12-14,17-18H,5-8,10-11,15H2,1-4H3,(H,28,33)(H,27,29,30). The van der Waals surface area contributed by atoms with Gasteiger partial charge >= 0.3 is 0 Å². The molecule has 1 aliphatic heterocycles. The number of amides is 2. The Bertz CT molecular complexity index is 1140. The Hall–Kier alpha value is -3.36. The maximum Gasteiger partial charge on any atom is 0.251 e. The van der Waals surface area contributed by atoms with Crippen molar-refractivity contribution in [2.45, 2.75) is 64.5 Å². The van der Waals surface area contributed by atoms with E-state index in [0.717, 1.165) is 37.2 Å². The average Bonchev–Trinajstić information content (AvgIpc) is 3.50. The topological polar surface area (TPSA) is 99.7 Å². The molecule has 5 rings (SSSR count). The first-order chi connectivity index (χ1) is 16.8. The zero-order chi connectivity index (χ0) is 24.7. The van der Waals surface area contributed by atoms with Crippen molar-refractivity contribution in [3.63, 3.8) is 0 Å². The van der Waals surface area contributed by atoms with Crippen LogP contribution in [0.3, 0.4) is 0 Å². The number of hydrogen-bond acceptors (Lipinski definition) is 7. The Morgan fingerprint density at radius 3 is 2.60 bits per heavy atom. The summed E-state index contributed by atoms with van der Waals surface area (Å²) >= 11 is 0. The zero-order valence-electron chi connectivity index (χ0n) is 20.9. The number of methoxy groups -OCH3 is 1. The summed E-state index contributed by atoms with van der Waals surface area (Å²) < 4.78 is 5.56. The Labute approximate surface area is 206 Å². The largest absolute Gasteiger partial charge is 0.495 e. The van der Waals surface area contributed by atoms with Crippen molar-refractivity contribution in [1.82, 2.24) is 15.3 Å². The Morgan fingerprint density at radius 1 is 1.17 bits per heavy atom. The van der Waals surface area contributed by atoms with E-state index in [2.05, 4.69) is 20.5 Å². The maximum atomic E-state index is 13.2. The zero-order valence-corrected chi connectivity index (χ0v) is 20.9. The lowest BCUT2D eigenvalue weighted by molar-refractivity contribution is -0.125. The van der Waals surface area contributed by atoms with Crippen LogP contribution in [0.15, 0.2) is 24.4 Å². The molecule has 2 aliphatic carbocycles. The first-order valence-corrected chi connectivity index (χ1v) is 12.4. The highest BCUT2D eigenvalue weighted by Crippen LogP contribution is 2.40. The number of anilines is 4. The lowest BCUT2D eigenvalue weighted by Crippen LogP contribution is -2.45. The Kier molecular flexibility index (Phi) is 6.02. The average molecular weight is 479 g/mol. The highest BCUT2D eigenvalue weighted by atomic mass is 16.5. The number of rotatable bonds is 6. The van der Waals surface area contributed by atoms with Gasteiger partial charge in [0.05, 0.1) is 24.4 Å². The smallest absolute Gasteiger partial charge is 0.251 e. The summed E-state index contributed by atoms with van der Waals surface area (Å²) in [5, 5.41) is 6.26. The van der Waals surface area contributed by atoms with Crippen molar-refractivity contribution in [1.29, 1.82) is 0 Å². The Morgan fingerprint density at radius 2 is 1.91 bits per heavy atom. The second-order valence-corrected chi connectivity index (χ2v) is 10.5. The summed E-state index contributed by atoms with van der Waals surface area (Å²) in [7, 11) is 3.37. The van der Waals surface area contributed by atoms with Gasteiger partial charge in [-0.15, -0.1) is 0 Å². The minimum absolute atomic E-state index is 0.0605. The molecule has 9 heteroatoms. The molecule has 0 unspecified atom stereocenters. The van der Waals surface area contributed by atoms with Crippen LogP contribution in [0.1, 0.15) is 62.7 Å². The van der Waals surface area contributed by atoms with E-state index in [0.29, 0.717) is 35.5 Å². The van der Waals surface area contributed by atoms with Gasteiger partial charge in [-0.3, -0.25) is 9.59 Å². The van der Waals surface area contributed by atoms with E-state index in [1.807, 2.05) is 19.9 Å². The number of aromatic nitrogens is 2. The number of nitrogens with zero attached hydrogens (tertiary/aromatic N) is 4. The number of benzene rings is 1. The van der Waals surface area contributed by atoms with Crippen molar-refractivity contribution in [2.75, 3.05) is 35.8 Å². The van der Waals surface area contributed by atoms with Gasteiger partial charge in [0.15, 0.2) is 5.82 Å². The van der Waals surface area contributed by atoms with E-state index in [1.165, 1.54) is 12.8 Å². The molecule has 9 nitrogen and oxygen atoms in total. The fourth-order valence-corrected chi connectivity index (χ4v) is 5.08. The molecule has 2 heterocycles. The van der Waals surface area contributed by atoms with Crippen molar-refractivity contribution in [3.05, 3.63) is 30.0 Å². The predicted octanol–water partition coefficient (Wildman–Crippen LogP) is 3.87. The summed E-state index contributed by atoms with van der Waals surface area (Å²) in [4.78, 5) is 39.0. The molecule has 0 spiro atoms. The third-order valence-electron chi connectivity index (χ3n) is 7.22. The van der Waals surface area contributed by atoms with E-state index in [-0.39, 0.29) is 17.9 Å².